The molecule has 5 heteroatoms. The summed E-state index contributed by atoms with van der Waals surface area (Å²) < 4.78 is 18.3. The van der Waals surface area contributed by atoms with Gasteiger partial charge in [-0.05, 0) is 43.7 Å². The zero-order valence-electron chi connectivity index (χ0n) is 13.0. The van der Waals surface area contributed by atoms with Crippen LogP contribution in [-0.2, 0) is 4.79 Å². The fourth-order valence-corrected chi connectivity index (χ4v) is 2.07. The highest BCUT2D eigenvalue weighted by Gasteiger charge is 2.10. The third-order valence-corrected chi connectivity index (χ3v) is 3.36. The number of benzene rings is 2. The lowest BCUT2D eigenvalue weighted by atomic mass is 10.1. The molecule has 0 unspecified atom stereocenters. The number of ether oxygens (including phenoxy) is 1. The van der Waals surface area contributed by atoms with E-state index in [1.807, 2.05) is 6.92 Å². The highest BCUT2D eigenvalue weighted by molar-refractivity contribution is 5.94. The summed E-state index contributed by atoms with van der Waals surface area (Å²) in [6, 6.07) is 12.4. The molecule has 0 radical (unpaired) electrons. The summed E-state index contributed by atoms with van der Waals surface area (Å²) in [5.74, 6) is -0.219. The SMILES string of the molecule is CC(=O)c1cccc(OCC(=O)N[C@@H](C)c2ccc(F)cc2)c1. The van der Waals surface area contributed by atoms with Crippen molar-refractivity contribution in [2.75, 3.05) is 6.61 Å². The standard InChI is InChI=1S/C18H18FNO3/c1-12(14-6-8-16(19)9-7-14)20-18(22)11-23-17-5-3-4-15(10-17)13(2)21/h3-10,12H,11H2,1-2H3,(H,20,22)/t12-/m0/s1. The highest BCUT2D eigenvalue weighted by Crippen LogP contribution is 2.15. The minimum absolute atomic E-state index is 0.0650. The van der Waals surface area contributed by atoms with Gasteiger partial charge >= 0.3 is 0 Å². The number of Topliss-reactive ketones (excluding diaryl/α,β-unsaturated/α-hetero) is 1. The Bertz CT molecular complexity index is 698. The molecule has 0 fully saturated rings. The second-order valence-corrected chi connectivity index (χ2v) is 5.21. The first-order chi connectivity index (χ1) is 11.0. The molecule has 0 aliphatic rings. The van der Waals surface area contributed by atoms with E-state index >= 15 is 0 Å². The van der Waals surface area contributed by atoms with Gasteiger partial charge in [-0.15, -0.1) is 0 Å². The number of carbonyl (C=O) groups excluding carboxylic acids is 2. The van der Waals surface area contributed by atoms with Gasteiger partial charge in [0.15, 0.2) is 12.4 Å². The van der Waals surface area contributed by atoms with Gasteiger partial charge in [-0.1, -0.05) is 24.3 Å². The minimum atomic E-state index is -0.319. The Kier molecular flexibility index (Phi) is 5.46. The molecular formula is C18H18FNO3. The molecule has 0 heterocycles. The fourth-order valence-electron chi connectivity index (χ4n) is 2.07. The summed E-state index contributed by atoms with van der Waals surface area (Å²) >= 11 is 0. The van der Waals surface area contributed by atoms with Crippen molar-refractivity contribution >= 4 is 11.7 Å². The van der Waals surface area contributed by atoms with Crippen LogP contribution in [0.25, 0.3) is 0 Å². The molecule has 0 saturated carbocycles. The molecule has 0 spiro atoms. The Morgan fingerprint density at radius 2 is 1.87 bits per heavy atom. The van der Waals surface area contributed by atoms with Gasteiger partial charge in [0, 0.05) is 5.56 Å². The van der Waals surface area contributed by atoms with Crippen LogP contribution in [0.1, 0.15) is 35.8 Å². The smallest absolute Gasteiger partial charge is 0.258 e. The van der Waals surface area contributed by atoms with Crippen LogP contribution in [0.3, 0.4) is 0 Å². The van der Waals surface area contributed by atoms with Gasteiger partial charge < -0.3 is 10.1 Å². The van der Waals surface area contributed by atoms with Crippen LogP contribution in [0.15, 0.2) is 48.5 Å². The van der Waals surface area contributed by atoms with E-state index in [2.05, 4.69) is 5.32 Å². The summed E-state index contributed by atoms with van der Waals surface area (Å²) in [6.07, 6.45) is 0. The molecule has 0 aliphatic heterocycles. The quantitative estimate of drug-likeness (QED) is 0.832. The first kappa shape index (κ1) is 16.7. The van der Waals surface area contributed by atoms with E-state index in [4.69, 9.17) is 4.74 Å². The molecule has 0 bridgehead atoms. The summed E-state index contributed by atoms with van der Waals surface area (Å²) in [5, 5.41) is 2.77. The van der Waals surface area contributed by atoms with E-state index in [9.17, 15) is 14.0 Å². The monoisotopic (exact) mass is 315 g/mol. The third kappa shape index (κ3) is 4.92. The molecule has 1 N–H and O–H groups in total. The largest absolute Gasteiger partial charge is 0.484 e. The molecule has 2 rings (SSSR count). The molecule has 2 aromatic carbocycles. The van der Waals surface area contributed by atoms with Crippen LogP contribution in [0.5, 0.6) is 5.75 Å². The van der Waals surface area contributed by atoms with Crippen molar-refractivity contribution in [3.63, 3.8) is 0 Å². The summed E-state index contributed by atoms with van der Waals surface area (Å²) in [7, 11) is 0. The number of amides is 1. The number of ketones is 1. The van der Waals surface area contributed by atoms with E-state index in [0.717, 1.165) is 5.56 Å². The van der Waals surface area contributed by atoms with Gasteiger partial charge in [0.25, 0.3) is 5.91 Å². The number of halogens is 1. The van der Waals surface area contributed by atoms with Gasteiger partial charge in [-0.25, -0.2) is 4.39 Å². The Morgan fingerprint density at radius 1 is 1.17 bits per heavy atom. The van der Waals surface area contributed by atoms with E-state index in [-0.39, 0.29) is 30.2 Å². The zero-order valence-corrected chi connectivity index (χ0v) is 13.0. The molecule has 4 nitrogen and oxygen atoms in total. The van der Waals surface area contributed by atoms with Crippen molar-refractivity contribution in [1.82, 2.24) is 5.32 Å². The van der Waals surface area contributed by atoms with Crippen molar-refractivity contribution in [3.8, 4) is 5.75 Å². The minimum Gasteiger partial charge on any atom is -0.484 e. The first-order valence-corrected chi connectivity index (χ1v) is 7.24. The maximum absolute atomic E-state index is 12.9. The highest BCUT2D eigenvalue weighted by atomic mass is 19.1. The number of rotatable bonds is 6. The summed E-state index contributed by atoms with van der Waals surface area (Å²) in [4.78, 5) is 23.2. The van der Waals surface area contributed by atoms with E-state index < -0.39 is 0 Å². The Balaban J connectivity index is 1.88. The van der Waals surface area contributed by atoms with Gasteiger partial charge in [-0.2, -0.15) is 0 Å². The molecule has 1 amide bonds. The average Bonchev–Trinajstić information content (AvgIpc) is 2.53. The van der Waals surface area contributed by atoms with Crippen LogP contribution in [0.2, 0.25) is 0 Å². The predicted octanol–water partition coefficient (Wildman–Crippen LogP) is 3.28. The van der Waals surface area contributed by atoms with E-state index in [1.165, 1.54) is 19.1 Å². The molecular weight excluding hydrogens is 297 g/mol. The van der Waals surface area contributed by atoms with Crippen LogP contribution in [0, 0.1) is 5.82 Å². The average molecular weight is 315 g/mol. The Labute approximate surface area is 134 Å². The first-order valence-electron chi connectivity index (χ1n) is 7.24. The summed E-state index contributed by atoms with van der Waals surface area (Å²) in [6.45, 7) is 3.12. The number of hydrogen-bond donors (Lipinski definition) is 1. The van der Waals surface area contributed by atoms with Crippen LogP contribution >= 0.6 is 0 Å². The molecule has 120 valence electrons. The molecule has 1 atom stereocenters. The van der Waals surface area contributed by atoms with Crippen LogP contribution < -0.4 is 10.1 Å². The lowest BCUT2D eigenvalue weighted by molar-refractivity contribution is -0.123. The Hall–Kier alpha value is -2.69. The van der Waals surface area contributed by atoms with Crippen molar-refractivity contribution < 1.29 is 18.7 Å². The second kappa shape index (κ2) is 7.54. The molecule has 0 saturated heterocycles. The Morgan fingerprint density at radius 3 is 2.52 bits per heavy atom. The number of nitrogens with one attached hydrogen (secondary N) is 1. The molecule has 2 aromatic rings. The van der Waals surface area contributed by atoms with Gasteiger partial charge in [0.05, 0.1) is 6.04 Å². The predicted molar refractivity (Wildman–Crippen MR) is 84.9 cm³/mol. The molecule has 23 heavy (non-hydrogen) atoms. The van der Waals surface area contributed by atoms with Crippen LogP contribution in [0.4, 0.5) is 4.39 Å². The maximum Gasteiger partial charge on any atom is 0.258 e. The van der Waals surface area contributed by atoms with Crippen molar-refractivity contribution in [2.24, 2.45) is 0 Å². The lowest BCUT2D eigenvalue weighted by Crippen LogP contribution is -2.31. The lowest BCUT2D eigenvalue weighted by Gasteiger charge is -2.15. The zero-order chi connectivity index (χ0) is 16.8. The normalized spacial score (nSPS) is 11.6. The molecule has 0 aliphatic carbocycles. The van der Waals surface area contributed by atoms with E-state index in [0.29, 0.717) is 11.3 Å². The van der Waals surface area contributed by atoms with Gasteiger partial charge in [0.2, 0.25) is 0 Å². The molecule has 0 aromatic heterocycles. The van der Waals surface area contributed by atoms with Gasteiger partial charge in [-0.3, -0.25) is 9.59 Å². The topological polar surface area (TPSA) is 55.4 Å². The van der Waals surface area contributed by atoms with Crippen molar-refractivity contribution in [2.45, 2.75) is 19.9 Å². The summed E-state index contributed by atoms with van der Waals surface area (Å²) in [5.41, 5.74) is 1.33. The van der Waals surface area contributed by atoms with Crippen molar-refractivity contribution in [3.05, 3.63) is 65.5 Å². The maximum atomic E-state index is 12.9. The number of carbonyl (C=O) groups is 2. The fraction of sp³-hybridized carbons (Fsp3) is 0.222. The van der Waals surface area contributed by atoms with E-state index in [1.54, 1.807) is 36.4 Å². The second-order valence-electron chi connectivity index (χ2n) is 5.21. The van der Waals surface area contributed by atoms with Crippen LogP contribution in [-0.4, -0.2) is 18.3 Å². The third-order valence-electron chi connectivity index (χ3n) is 3.36. The van der Waals surface area contributed by atoms with Crippen molar-refractivity contribution in [1.29, 1.82) is 0 Å². The van der Waals surface area contributed by atoms with Gasteiger partial charge in [0.1, 0.15) is 11.6 Å². The number of hydrogen-bond acceptors (Lipinski definition) is 3.